The smallest absolute Gasteiger partial charge is 0.367 e. The van der Waals surface area contributed by atoms with E-state index in [0.29, 0.717) is 30.4 Å². The van der Waals surface area contributed by atoms with E-state index in [2.05, 4.69) is 33.7 Å². The van der Waals surface area contributed by atoms with Gasteiger partial charge in [0, 0.05) is 44.3 Å². The summed E-state index contributed by atoms with van der Waals surface area (Å²) >= 11 is 0. The first-order valence-corrected chi connectivity index (χ1v) is 14.5. The van der Waals surface area contributed by atoms with Gasteiger partial charge in [-0.05, 0) is 68.8 Å². The number of carbonyl (C=O) groups excluding carboxylic acids is 1. The summed E-state index contributed by atoms with van der Waals surface area (Å²) in [6, 6.07) is 16.3. The van der Waals surface area contributed by atoms with Crippen LogP contribution in [0, 0.1) is 6.92 Å². The summed E-state index contributed by atoms with van der Waals surface area (Å²) < 4.78 is 67.7. The van der Waals surface area contributed by atoms with Crippen LogP contribution in [-0.4, -0.2) is 51.4 Å². The Morgan fingerprint density at radius 3 is 2.12 bits per heavy atom. The van der Waals surface area contributed by atoms with E-state index in [0.717, 1.165) is 30.8 Å². The van der Waals surface area contributed by atoms with Gasteiger partial charge in [-0.25, -0.2) is 8.42 Å². The van der Waals surface area contributed by atoms with Crippen LogP contribution >= 0.6 is 0 Å². The Kier molecular flexibility index (Phi) is 8.74. The Morgan fingerprint density at radius 2 is 1.55 bits per heavy atom. The third-order valence-corrected chi connectivity index (χ3v) is 8.34. The molecule has 0 atom stereocenters. The number of halogens is 3. The molecule has 4 rings (SSSR count). The number of anilines is 2. The second kappa shape index (κ2) is 11.9. The van der Waals surface area contributed by atoms with Crippen LogP contribution < -0.4 is 14.9 Å². The van der Waals surface area contributed by atoms with Crippen LogP contribution in [0.3, 0.4) is 0 Å². The number of rotatable bonds is 8. The van der Waals surface area contributed by atoms with E-state index in [9.17, 15) is 26.4 Å². The van der Waals surface area contributed by atoms with Crippen molar-refractivity contribution in [2.75, 3.05) is 35.8 Å². The van der Waals surface area contributed by atoms with Crippen LogP contribution in [-0.2, 0) is 22.7 Å². The molecule has 0 unspecified atom stereocenters. The summed E-state index contributed by atoms with van der Waals surface area (Å²) in [7, 11) is -3.94. The molecule has 11 heteroatoms. The van der Waals surface area contributed by atoms with Gasteiger partial charge in [0.1, 0.15) is 0 Å². The number of nitrogens with zero attached hydrogens (tertiary/aromatic N) is 2. The van der Waals surface area contributed by atoms with Gasteiger partial charge >= 0.3 is 6.18 Å². The van der Waals surface area contributed by atoms with Gasteiger partial charge in [-0.15, -0.1) is 0 Å². The van der Waals surface area contributed by atoms with Crippen molar-refractivity contribution in [2.24, 2.45) is 0 Å². The number of nitrogens with one attached hydrogen (secondary N) is 2. The zero-order valence-electron chi connectivity index (χ0n) is 22.6. The number of hydrogen-bond donors (Lipinski definition) is 2. The first-order valence-electron chi connectivity index (χ1n) is 13.0. The third-order valence-electron chi connectivity index (χ3n) is 6.95. The highest BCUT2D eigenvalue weighted by Gasteiger charge is 2.30. The average Bonchev–Trinajstić information content (AvgIpc) is 2.91. The molecule has 40 heavy (non-hydrogen) atoms. The maximum absolute atomic E-state index is 13.3. The van der Waals surface area contributed by atoms with Crippen molar-refractivity contribution >= 4 is 27.3 Å². The summed E-state index contributed by atoms with van der Waals surface area (Å²) in [6.07, 6.45) is -4.44. The maximum atomic E-state index is 13.3. The SMILES string of the molecule is Cc1ccc(S(=O)(=O)Nc2cc(C(=O)NCc3ccc(C(F)(F)F)cc3)ccc2N2CCN(C(C)C)CC2)cc1. The van der Waals surface area contributed by atoms with Crippen molar-refractivity contribution in [2.45, 2.75) is 44.4 Å². The Hall–Kier alpha value is -3.57. The van der Waals surface area contributed by atoms with Crippen molar-refractivity contribution in [3.8, 4) is 0 Å². The summed E-state index contributed by atoms with van der Waals surface area (Å²) in [4.78, 5) is 17.5. The molecule has 1 fully saturated rings. The monoisotopic (exact) mass is 574 g/mol. The molecule has 1 heterocycles. The Labute approximate surface area is 233 Å². The average molecular weight is 575 g/mol. The molecule has 1 aliphatic heterocycles. The fourth-order valence-corrected chi connectivity index (χ4v) is 5.60. The topological polar surface area (TPSA) is 81.7 Å². The highest BCUT2D eigenvalue weighted by atomic mass is 32.2. The van der Waals surface area contributed by atoms with Crippen molar-refractivity contribution in [3.63, 3.8) is 0 Å². The van der Waals surface area contributed by atoms with Gasteiger partial charge in [-0.1, -0.05) is 29.8 Å². The normalized spacial score (nSPS) is 14.8. The van der Waals surface area contributed by atoms with E-state index in [-0.39, 0.29) is 22.7 Å². The minimum Gasteiger partial charge on any atom is -0.367 e. The maximum Gasteiger partial charge on any atom is 0.416 e. The third kappa shape index (κ3) is 7.14. The molecule has 7 nitrogen and oxygen atoms in total. The molecule has 214 valence electrons. The van der Waals surface area contributed by atoms with Gasteiger partial charge in [0.25, 0.3) is 15.9 Å². The van der Waals surface area contributed by atoms with Gasteiger partial charge in [0.05, 0.1) is 21.8 Å². The minimum atomic E-state index is -4.44. The number of aryl methyl sites for hydroxylation is 1. The van der Waals surface area contributed by atoms with E-state index in [1.54, 1.807) is 24.3 Å². The first-order chi connectivity index (χ1) is 18.8. The number of amides is 1. The lowest BCUT2D eigenvalue weighted by Gasteiger charge is -2.38. The zero-order chi connectivity index (χ0) is 29.1. The molecule has 0 aromatic heterocycles. The van der Waals surface area contributed by atoms with Gasteiger partial charge in [-0.3, -0.25) is 14.4 Å². The Bertz CT molecular complexity index is 1430. The van der Waals surface area contributed by atoms with Gasteiger partial charge in [0.2, 0.25) is 0 Å². The summed E-state index contributed by atoms with van der Waals surface area (Å²) in [5.74, 6) is -0.480. The van der Waals surface area contributed by atoms with Crippen molar-refractivity contribution in [1.29, 1.82) is 0 Å². The first kappa shape index (κ1) is 29.4. The van der Waals surface area contributed by atoms with E-state index in [4.69, 9.17) is 0 Å². The molecular formula is C29H33F3N4O3S. The highest BCUT2D eigenvalue weighted by molar-refractivity contribution is 7.92. The largest absolute Gasteiger partial charge is 0.416 e. The molecule has 3 aromatic carbocycles. The number of sulfonamides is 1. The number of piperazine rings is 1. The fraction of sp³-hybridized carbons (Fsp3) is 0.345. The molecule has 3 aromatic rings. The fourth-order valence-electron chi connectivity index (χ4n) is 4.53. The van der Waals surface area contributed by atoms with Crippen molar-refractivity contribution < 1.29 is 26.4 Å². The molecule has 0 radical (unpaired) electrons. The quantitative estimate of drug-likeness (QED) is 0.383. The van der Waals surface area contributed by atoms with Crippen LogP contribution in [0.2, 0.25) is 0 Å². The van der Waals surface area contributed by atoms with Crippen molar-refractivity contribution in [1.82, 2.24) is 10.2 Å². The van der Waals surface area contributed by atoms with E-state index in [1.165, 1.54) is 30.3 Å². The summed E-state index contributed by atoms with van der Waals surface area (Å²) in [6.45, 7) is 9.16. The zero-order valence-corrected chi connectivity index (χ0v) is 23.4. The summed E-state index contributed by atoms with van der Waals surface area (Å²) in [5, 5.41) is 2.70. The molecular weight excluding hydrogens is 541 g/mol. The lowest BCUT2D eigenvalue weighted by molar-refractivity contribution is -0.137. The molecule has 0 saturated carbocycles. The van der Waals surface area contributed by atoms with E-state index < -0.39 is 27.7 Å². The van der Waals surface area contributed by atoms with E-state index >= 15 is 0 Å². The molecule has 0 bridgehead atoms. The van der Waals surface area contributed by atoms with E-state index in [1.807, 2.05) is 6.92 Å². The molecule has 1 saturated heterocycles. The number of benzene rings is 3. The standard InChI is InChI=1S/C29H33F3N4O3S/c1-20(2)35-14-16-36(17-15-35)27-13-8-23(18-26(27)34-40(38,39)25-11-4-21(3)5-12-25)28(37)33-19-22-6-9-24(10-7-22)29(30,31)32/h4-13,18,20,34H,14-17,19H2,1-3H3,(H,33,37). The Morgan fingerprint density at radius 1 is 0.925 bits per heavy atom. The van der Waals surface area contributed by atoms with Gasteiger partial charge < -0.3 is 10.2 Å². The number of carbonyl (C=O) groups is 1. The summed E-state index contributed by atoms with van der Waals surface area (Å²) in [5.41, 5.74) is 1.82. The van der Waals surface area contributed by atoms with Gasteiger partial charge in [-0.2, -0.15) is 13.2 Å². The molecule has 1 aliphatic rings. The lowest BCUT2D eigenvalue weighted by Crippen LogP contribution is -2.49. The molecule has 1 amide bonds. The predicted octanol–water partition coefficient (Wildman–Crippen LogP) is 5.28. The van der Waals surface area contributed by atoms with Crippen LogP contribution in [0.4, 0.5) is 24.5 Å². The molecule has 0 aliphatic carbocycles. The second-order valence-corrected chi connectivity index (χ2v) is 11.8. The van der Waals surface area contributed by atoms with Crippen LogP contribution in [0.15, 0.2) is 71.6 Å². The predicted molar refractivity (Wildman–Crippen MR) is 150 cm³/mol. The Balaban J connectivity index is 1.57. The second-order valence-electron chi connectivity index (χ2n) is 10.1. The van der Waals surface area contributed by atoms with Crippen LogP contribution in [0.1, 0.15) is 40.9 Å². The number of hydrogen-bond acceptors (Lipinski definition) is 5. The molecule has 2 N–H and O–H groups in total. The minimum absolute atomic E-state index is 0.0142. The highest BCUT2D eigenvalue weighted by Crippen LogP contribution is 2.31. The lowest BCUT2D eigenvalue weighted by atomic mass is 10.1. The van der Waals surface area contributed by atoms with Gasteiger partial charge in [0.15, 0.2) is 0 Å². The van der Waals surface area contributed by atoms with Crippen LogP contribution in [0.5, 0.6) is 0 Å². The van der Waals surface area contributed by atoms with Crippen LogP contribution in [0.25, 0.3) is 0 Å². The van der Waals surface area contributed by atoms with Crippen molar-refractivity contribution in [3.05, 3.63) is 89.0 Å². The molecule has 0 spiro atoms. The number of alkyl halides is 3.